The Morgan fingerprint density at radius 2 is 1.90 bits per heavy atom. The van der Waals surface area contributed by atoms with E-state index in [1.165, 1.54) is 0 Å². The number of para-hydroxylation sites is 1. The summed E-state index contributed by atoms with van der Waals surface area (Å²) >= 11 is 0. The number of hydrogen-bond donors (Lipinski definition) is 3. The van der Waals surface area contributed by atoms with Gasteiger partial charge in [0.15, 0.2) is 0 Å². The Hall–Kier alpha value is -3.20. The first kappa shape index (κ1) is 19.7. The standard InChI is InChI=1S/C23H24N4O4/c1-25-13-19(28)26-11-10-18-20(21(26)23(25)30)16-4-2-3-5-17(16)27(18)12-14-6-8-15(9-7-14)22(29)24-31/h2-9,21,23,30-31H,10-13H2,1H3,(H,24,29). The molecule has 160 valence electrons. The first-order chi connectivity index (χ1) is 15.0. The monoisotopic (exact) mass is 420 g/mol. The van der Waals surface area contributed by atoms with Crippen molar-refractivity contribution in [2.24, 2.45) is 0 Å². The van der Waals surface area contributed by atoms with Gasteiger partial charge in [-0.15, -0.1) is 0 Å². The van der Waals surface area contributed by atoms with Crippen molar-refractivity contribution in [2.45, 2.75) is 25.2 Å². The number of nitrogens with zero attached hydrogens (tertiary/aromatic N) is 3. The Morgan fingerprint density at radius 3 is 2.65 bits per heavy atom. The molecule has 1 saturated heterocycles. The fraction of sp³-hybridized carbons (Fsp3) is 0.304. The average Bonchev–Trinajstić information content (AvgIpc) is 3.11. The van der Waals surface area contributed by atoms with Crippen LogP contribution in [0, 0.1) is 0 Å². The molecule has 5 rings (SSSR count). The van der Waals surface area contributed by atoms with Crippen LogP contribution in [0.5, 0.6) is 0 Å². The molecule has 31 heavy (non-hydrogen) atoms. The van der Waals surface area contributed by atoms with Gasteiger partial charge in [0.2, 0.25) is 5.91 Å². The molecule has 2 aromatic carbocycles. The number of carbonyl (C=O) groups excluding carboxylic acids is 2. The molecule has 2 unspecified atom stereocenters. The average molecular weight is 420 g/mol. The van der Waals surface area contributed by atoms with E-state index in [-0.39, 0.29) is 12.5 Å². The summed E-state index contributed by atoms with van der Waals surface area (Å²) in [5.74, 6) is -0.506. The molecule has 0 bridgehead atoms. The smallest absolute Gasteiger partial charge is 0.274 e. The van der Waals surface area contributed by atoms with Gasteiger partial charge in [0.05, 0.1) is 12.6 Å². The molecular formula is C23H24N4O4. The number of benzene rings is 2. The van der Waals surface area contributed by atoms with E-state index < -0.39 is 18.2 Å². The molecule has 8 heteroatoms. The summed E-state index contributed by atoms with van der Waals surface area (Å²) in [4.78, 5) is 27.8. The normalized spacial score (nSPS) is 21.1. The lowest BCUT2D eigenvalue weighted by Gasteiger charge is -2.46. The molecule has 0 spiro atoms. The highest BCUT2D eigenvalue weighted by Crippen LogP contribution is 2.42. The maximum Gasteiger partial charge on any atom is 0.274 e. The van der Waals surface area contributed by atoms with Gasteiger partial charge in [0.1, 0.15) is 6.23 Å². The third-order valence-corrected chi connectivity index (χ3v) is 6.44. The van der Waals surface area contributed by atoms with Crippen LogP contribution < -0.4 is 5.48 Å². The molecule has 1 aromatic heterocycles. The Labute approximate surface area is 179 Å². The van der Waals surface area contributed by atoms with Gasteiger partial charge in [-0.25, -0.2) is 5.48 Å². The molecule has 2 amide bonds. The number of likely N-dealkylation sites (N-methyl/N-ethyl adjacent to an activating group) is 1. The van der Waals surface area contributed by atoms with E-state index in [0.717, 1.165) is 27.7 Å². The number of carbonyl (C=O) groups is 2. The van der Waals surface area contributed by atoms with E-state index >= 15 is 0 Å². The summed E-state index contributed by atoms with van der Waals surface area (Å²) in [7, 11) is 1.78. The molecule has 8 nitrogen and oxygen atoms in total. The fourth-order valence-corrected chi connectivity index (χ4v) is 4.92. The molecule has 1 fully saturated rings. The van der Waals surface area contributed by atoms with E-state index in [2.05, 4.69) is 16.7 Å². The summed E-state index contributed by atoms with van der Waals surface area (Å²) < 4.78 is 2.24. The molecule has 2 atom stereocenters. The molecule has 0 saturated carbocycles. The van der Waals surface area contributed by atoms with Crippen molar-refractivity contribution in [3.8, 4) is 0 Å². The Bertz CT molecular complexity index is 1170. The lowest BCUT2D eigenvalue weighted by atomic mass is 9.92. The molecule has 0 radical (unpaired) electrons. The SMILES string of the molecule is CN1CC(=O)N2CCc3c(c4ccccc4n3Cc3ccc(C(=O)NO)cc3)C2C1O. The molecule has 3 N–H and O–H groups in total. The Balaban J connectivity index is 1.60. The number of hydrogen-bond acceptors (Lipinski definition) is 5. The number of rotatable bonds is 3. The van der Waals surface area contributed by atoms with E-state index in [4.69, 9.17) is 5.21 Å². The third-order valence-electron chi connectivity index (χ3n) is 6.44. The summed E-state index contributed by atoms with van der Waals surface area (Å²) in [6.07, 6.45) is -0.0412. The largest absolute Gasteiger partial charge is 0.376 e. The van der Waals surface area contributed by atoms with Crippen molar-refractivity contribution >= 4 is 22.7 Å². The summed E-state index contributed by atoms with van der Waals surface area (Å²) in [5.41, 5.74) is 6.24. The molecule has 2 aliphatic rings. The summed E-state index contributed by atoms with van der Waals surface area (Å²) in [6.45, 7) is 1.40. The van der Waals surface area contributed by atoms with Gasteiger partial charge in [-0.1, -0.05) is 30.3 Å². The first-order valence-electron chi connectivity index (χ1n) is 10.3. The van der Waals surface area contributed by atoms with Crippen LogP contribution in [0.25, 0.3) is 10.9 Å². The summed E-state index contributed by atoms with van der Waals surface area (Å²) in [6, 6.07) is 14.8. The van der Waals surface area contributed by atoms with Gasteiger partial charge in [-0.05, 0) is 30.8 Å². The number of fused-ring (bicyclic) bond motifs is 5. The maximum atomic E-state index is 12.7. The number of aliphatic hydroxyl groups is 1. The number of aliphatic hydroxyl groups excluding tert-OH is 1. The van der Waals surface area contributed by atoms with Crippen molar-refractivity contribution in [1.82, 2.24) is 19.8 Å². The number of amides is 2. The summed E-state index contributed by atoms with van der Waals surface area (Å²) in [5, 5.41) is 20.8. The highest BCUT2D eigenvalue weighted by molar-refractivity contribution is 5.93. The Kier molecular flexibility index (Phi) is 4.77. The molecule has 3 heterocycles. The fourth-order valence-electron chi connectivity index (χ4n) is 4.92. The van der Waals surface area contributed by atoms with Crippen LogP contribution in [0.15, 0.2) is 48.5 Å². The van der Waals surface area contributed by atoms with Gasteiger partial charge in [-0.3, -0.25) is 19.7 Å². The van der Waals surface area contributed by atoms with Crippen molar-refractivity contribution < 1.29 is 19.9 Å². The van der Waals surface area contributed by atoms with E-state index in [1.54, 1.807) is 29.6 Å². The van der Waals surface area contributed by atoms with Crippen molar-refractivity contribution in [2.75, 3.05) is 20.1 Å². The van der Waals surface area contributed by atoms with E-state index in [9.17, 15) is 14.7 Å². The molecular weight excluding hydrogens is 396 g/mol. The lowest BCUT2D eigenvalue weighted by Crippen LogP contribution is -2.58. The highest BCUT2D eigenvalue weighted by atomic mass is 16.5. The van der Waals surface area contributed by atoms with Crippen LogP contribution in [-0.2, 0) is 17.8 Å². The number of piperazine rings is 1. The van der Waals surface area contributed by atoms with Crippen LogP contribution in [0.2, 0.25) is 0 Å². The lowest BCUT2D eigenvalue weighted by molar-refractivity contribution is -0.157. The maximum absolute atomic E-state index is 12.7. The number of aromatic nitrogens is 1. The Morgan fingerprint density at radius 1 is 1.16 bits per heavy atom. The number of nitrogens with one attached hydrogen (secondary N) is 1. The second-order valence-corrected chi connectivity index (χ2v) is 8.21. The van der Waals surface area contributed by atoms with Crippen molar-refractivity contribution in [3.05, 3.63) is 70.9 Å². The first-order valence-corrected chi connectivity index (χ1v) is 10.3. The van der Waals surface area contributed by atoms with Gasteiger partial charge < -0.3 is 14.6 Å². The minimum atomic E-state index is -0.757. The number of hydroxylamine groups is 1. The zero-order chi connectivity index (χ0) is 21.7. The second-order valence-electron chi connectivity index (χ2n) is 8.21. The predicted octanol–water partition coefficient (Wildman–Crippen LogP) is 1.50. The van der Waals surface area contributed by atoms with Crippen molar-refractivity contribution in [3.63, 3.8) is 0 Å². The van der Waals surface area contributed by atoms with Crippen LogP contribution >= 0.6 is 0 Å². The molecule has 2 aliphatic heterocycles. The van der Waals surface area contributed by atoms with Crippen LogP contribution in [0.4, 0.5) is 0 Å². The molecule has 3 aromatic rings. The highest BCUT2D eigenvalue weighted by Gasteiger charge is 2.44. The second kappa shape index (κ2) is 7.49. The minimum absolute atomic E-state index is 0.0398. The predicted molar refractivity (Wildman–Crippen MR) is 114 cm³/mol. The van der Waals surface area contributed by atoms with Gasteiger partial charge in [-0.2, -0.15) is 0 Å². The van der Waals surface area contributed by atoms with Gasteiger partial charge in [0.25, 0.3) is 5.91 Å². The van der Waals surface area contributed by atoms with E-state index in [0.29, 0.717) is 25.1 Å². The zero-order valence-corrected chi connectivity index (χ0v) is 17.2. The zero-order valence-electron chi connectivity index (χ0n) is 17.2. The molecule has 0 aliphatic carbocycles. The van der Waals surface area contributed by atoms with E-state index in [1.807, 2.05) is 29.2 Å². The minimum Gasteiger partial charge on any atom is -0.376 e. The van der Waals surface area contributed by atoms with Gasteiger partial charge >= 0.3 is 0 Å². The van der Waals surface area contributed by atoms with Crippen LogP contribution in [0.1, 0.15) is 33.2 Å². The topological polar surface area (TPSA) is 98.0 Å². The van der Waals surface area contributed by atoms with Crippen molar-refractivity contribution in [1.29, 1.82) is 0 Å². The van der Waals surface area contributed by atoms with Crippen LogP contribution in [-0.4, -0.2) is 62.9 Å². The third kappa shape index (κ3) is 3.11. The van der Waals surface area contributed by atoms with Gasteiger partial charge in [0, 0.05) is 47.2 Å². The quantitative estimate of drug-likeness (QED) is 0.441. The van der Waals surface area contributed by atoms with Crippen LogP contribution in [0.3, 0.4) is 0 Å².